The van der Waals surface area contributed by atoms with Crippen molar-refractivity contribution >= 4 is 117 Å². The maximum Gasteiger partial charge on any atom is 0.296 e. The fourth-order valence-electron chi connectivity index (χ4n) is 5.32. The van der Waals surface area contributed by atoms with E-state index in [9.17, 15) is 39.5 Å². The number of ether oxygens (including phenoxy) is 2. The number of aromatic hydroxyl groups is 1. The van der Waals surface area contributed by atoms with E-state index in [1.165, 1.54) is 36.4 Å². The first-order valence-electron chi connectivity index (χ1n) is 15.8. The third-order valence-electron chi connectivity index (χ3n) is 8.10. The van der Waals surface area contributed by atoms with Gasteiger partial charge in [0, 0.05) is 65.2 Å². The van der Waals surface area contributed by atoms with Crippen LogP contribution in [-0.2, 0) is 30.3 Å². The van der Waals surface area contributed by atoms with Gasteiger partial charge in [0.15, 0.2) is 11.5 Å². The molecule has 0 saturated carbocycles. The average Bonchev–Trinajstić information content (AvgIpc) is 3.09. The molecule has 6 rings (SSSR count). The van der Waals surface area contributed by atoms with E-state index in [-0.39, 0.29) is 75.4 Å². The van der Waals surface area contributed by atoms with Crippen LogP contribution in [0.3, 0.4) is 0 Å². The molecule has 0 unspecified atom stereocenters. The number of nitrogens with one attached hydrogen (secondary N) is 1. The average molecular weight is 836 g/mol. The molecule has 14 nitrogen and oxygen atoms in total. The van der Waals surface area contributed by atoms with E-state index in [0.29, 0.717) is 17.2 Å². The predicted octanol–water partition coefficient (Wildman–Crippen LogP) is 8.00. The maximum atomic E-state index is 13.4. The van der Waals surface area contributed by atoms with Crippen molar-refractivity contribution in [2.24, 2.45) is 10.2 Å². The van der Waals surface area contributed by atoms with Gasteiger partial charge >= 0.3 is 0 Å². The molecule has 0 heterocycles. The number of nitrogens with zero attached hydrogens (tertiary/aromatic N) is 2. The Bertz CT molecular complexity index is 2820. The van der Waals surface area contributed by atoms with Gasteiger partial charge in [-0.15, -0.1) is 10.2 Å². The summed E-state index contributed by atoms with van der Waals surface area (Å²) in [5, 5.41) is 18.9. The number of para-hydroxylation sites is 2. The molecule has 280 valence electrons. The molecule has 2 radical (unpaired) electrons. The Morgan fingerprint density at radius 2 is 1.20 bits per heavy atom. The minimum Gasteiger partial charge on any atom is -0.505 e. The van der Waals surface area contributed by atoms with Crippen molar-refractivity contribution in [3.63, 3.8) is 0 Å². The van der Waals surface area contributed by atoms with Crippen molar-refractivity contribution < 1.29 is 48.9 Å². The van der Waals surface area contributed by atoms with Crippen molar-refractivity contribution in [2.45, 2.75) is 35.5 Å². The fraction of sp³-hybridized carbons (Fsp3) is 0.0811. The first-order valence-corrected chi connectivity index (χ1v) is 20.2. The van der Waals surface area contributed by atoms with Crippen molar-refractivity contribution in [3.8, 4) is 28.7 Å². The van der Waals surface area contributed by atoms with E-state index in [1.807, 2.05) is 38.1 Å². The molecule has 0 aliphatic rings. The van der Waals surface area contributed by atoms with E-state index in [4.69, 9.17) is 9.47 Å². The number of hydrogen-bond acceptors (Lipinski definition) is 11. The van der Waals surface area contributed by atoms with Crippen LogP contribution in [0.5, 0.6) is 28.7 Å². The van der Waals surface area contributed by atoms with Gasteiger partial charge in [-0.1, -0.05) is 54.1 Å². The zero-order valence-corrected chi connectivity index (χ0v) is 37.1. The summed E-state index contributed by atoms with van der Waals surface area (Å²) in [6, 6.07) is 26.8. The Morgan fingerprint density at radius 1 is 0.607 bits per heavy atom. The minimum absolute atomic E-state index is 0. The Kier molecular flexibility index (Phi) is 14.2. The van der Waals surface area contributed by atoms with E-state index >= 15 is 0 Å². The summed E-state index contributed by atoms with van der Waals surface area (Å²) in [6.07, 6.45) is 0. The SMILES string of the molecule is Cc1ccc(S(=O)(=O)Nc2cc(S(=O)(=O)O)cc3cc(S(=O)(=O)O)c(N=Nc4ccc(Oc5ccccc5C)cc4Oc4ccccc4C)c(O)c23)cc1.[Na].[Na]. The zero-order valence-electron chi connectivity index (χ0n) is 30.6. The van der Waals surface area contributed by atoms with E-state index in [0.717, 1.165) is 34.9 Å². The molecule has 19 heteroatoms. The second kappa shape index (κ2) is 17.7. The number of phenolic OH excluding ortho intramolecular Hbond substituents is 1. The molecule has 0 atom stereocenters. The van der Waals surface area contributed by atoms with Gasteiger partial charge in [-0.3, -0.25) is 13.8 Å². The second-order valence-corrected chi connectivity index (χ2v) is 16.6. The smallest absolute Gasteiger partial charge is 0.296 e. The standard InChI is InChI=1S/C37H31N3O11S3.2Na/c1-22-12-15-27(16-13-22)52(42,43)40-30-21-28(53(44,45)46)18-25-19-34(54(47,48)49)36(37(41)35(25)30)39-38-29-17-14-26(50-31-10-6-4-8-23(31)2)20-33(29)51-32-11-7-5-9-24(32)3;;/h4-21,40-41H,1-3H3,(H,44,45,46)(H,47,48,49);;. The summed E-state index contributed by atoms with van der Waals surface area (Å²) in [5.74, 6) is 0.442. The number of aryl methyl sites for hydroxylation is 3. The quantitative estimate of drug-likeness (QED) is 0.0557. The van der Waals surface area contributed by atoms with Crippen LogP contribution < -0.4 is 14.2 Å². The van der Waals surface area contributed by atoms with E-state index in [1.54, 1.807) is 37.3 Å². The fourth-order valence-corrected chi connectivity index (χ4v) is 7.58. The number of rotatable bonds is 11. The molecule has 0 saturated heterocycles. The summed E-state index contributed by atoms with van der Waals surface area (Å²) >= 11 is 0. The molecule has 0 spiro atoms. The van der Waals surface area contributed by atoms with Crippen molar-refractivity contribution in [2.75, 3.05) is 4.72 Å². The van der Waals surface area contributed by atoms with Gasteiger partial charge in [0.1, 0.15) is 33.5 Å². The third-order valence-corrected chi connectivity index (χ3v) is 11.2. The number of benzene rings is 6. The molecular weight excluding hydrogens is 805 g/mol. The Labute approximate surface area is 367 Å². The van der Waals surface area contributed by atoms with Gasteiger partial charge in [0.2, 0.25) is 0 Å². The molecule has 4 N–H and O–H groups in total. The van der Waals surface area contributed by atoms with Crippen LogP contribution in [0.15, 0.2) is 134 Å². The van der Waals surface area contributed by atoms with Crippen molar-refractivity contribution in [1.29, 1.82) is 0 Å². The minimum atomic E-state index is -5.22. The molecular formula is C37H31N3Na2O11S3. The first kappa shape index (κ1) is 44.9. The second-order valence-electron chi connectivity index (χ2n) is 12.1. The van der Waals surface area contributed by atoms with Crippen molar-refractivity contribution in [1.82, 2.24) is 0 Å². The van der Waals surface area contributed by atoms with Crippen molar-refractivity contribution in [3.05, 3.63) is 126 Å². The summed E-state index contributed by atoms with van der Waals surface area (Å²) in [7, 11) is -14.7. The summed E-state index contributed by atoms with van der Waals surface area (Å²) in [6.45, 7) is 5.42. The Hall–Kier alpha value is -3.85. The maximum absolute atomic E-state index is 13.4. The summed E-state index contributed by atoms with van der Waals surface area (Å²) in [4.78, 5) is -2.10. The normalized spacial score (nSPS) is 11.8. The number of anilines is 1. The molecule has 0 aliphatic carbocycles. The van der Waals surface area contributed by atoms with E-state index in [2.05, 4.69) is 15.0 Å². The monoisotopic (exact) mass is 835 g/mol. The molecule has 6 aromatic rings. The number of azo groups is 1. The Morgan fingerprint density at radius 3 is 1.77 bits per heavy atom. The van der Waals surface area contributed by atoms with Gasteiger partial charge in [0.05, 0.1) is 20.9 Å². The molecule has 0 aliphatic heterocycles. The van der Waals surface area contributed by atoms with Gasteiger partial charge in [-0.25, -0.2) is 8.42 Å². The topological polar surface area (TPSA) is 218 Å². The predicted molar refractivity (Wildman–Crippen MR) is 212 cm³/mol. The summed E-state index contributed by atoms with van der Waals surface area (Å²) < 4.78 is 111. The van der Waals surface area contributed by atoms with Crippen LogP contribution in [0, 0.1) is 20.8 Å². The van der Waals surface area contributed by atoms with Crippen LogP contribution in [0.25, 0.3) is 10.8 Å². The van der Waals surface area contributed by atoms with Gasteiger partial charge in [-0.2, -0.15) is 16.8 Å². The van der Waals surface area contributed by atoms with Gasteiger partial charge in [-0.05, 0) is 91.9 Å². The molecule has 0 bridgehead atoms. The largest absolute Gasteiger partial charge is 0.505 e. The summed E-state index contributed by atoms with van der Waals surface area (Å²) in [5.41, 5.74) is 0.977. The molecule has 56 heavy (non-hydrogen) atoms. The van der Waals surface area contributed by atoms with Gasteiger partial charge < -0.3 is 14.6 Å². The third kappa shape index (κ3) is 10.2. The van der Waals surface area contributed by atoms with Crippen LogP contribution in [0.2, 0.25) is 0 Å². The molecule has 0 fully saturated rings. The van der Waals surface area contributed by atoms with Crippen LogP contribution in [-0.4, -0.2) is 98.6 Å². The zero-order chi connectivity index (χ0) is 39.0. The van der Waals surface area contributed by atoms with Crippen LogP contribution in [0.1, 0.15) is 16.7 Å². The van der Waals surface area contributed by atoms with Crippen LogP contribution >= 0.6 is 0 Å². The number of phenols is 1. The number of sulfonamides is 1. The molecule has 0 amide bonds. The molecule has 0 aromatic heterocycles. The Balaban J connectivity index is 0.00000348. The van der Waals surface area contributed by atoms with Crippen LogP contribution in [0.4, 0.5) is 17.1 Å². The van der Waals surface area contributed by atoms with E-state index < -0.39 is 67.9 Å². The molecule has 6 aromatic carbocycles. The number of hydrogen-bond donors (Lipinski definition) is 4. The number of fused-ring (bicyclic) bond motifs is 1. The first-order chi connectivity index (χ1) is 25.4. The van der Waals surface area contributed by atoms with Gasteiger partial charge in [0.25, 0.3) is 30.3 Å².